The molecule has 0 spiro atoms. The number of benzene rings is 2. The summed E-state index contributed by atoms with van der Waals surface area (Å²) in [7, 11) is 0. The number of hydrogen-bond acceptors (Lipinski definition) is 3. The third-order valence-corrected chi connectivity index (χ3v) is 3.04. The summed E-state index contributed by atoms with van der Waals surface area (Å²) >= 11 is 5.97. The van der Waals surface area contributed by atoms with Gasteiger partial charge in [0.15, 0.2) is 0 Å². The Kier molecular flexibility index (Phi) is 3.92. The molecule has 2 aromatic rings. The van der Waals surface area contributed by atoms with Gasteiger partial charge in [0.25, 0.3) is 5.91 Å². The van der Waals surface area contributed by atoms with Gasteiger partial charge in [-0.05, 0) is 29.8 Å². The minimum absolute atomic E-state index is 0.305. The Morgan fingerprint density at radius 1 is 1.16 bits per heavy atom. The fourth-order valence-electron chi connectivity index (χ4n) is 1.75. The van der Waals surface area contributed by atoms with Crippen molar-refractivity contribution in [2.24, 2.45) is 5.73 Å². The molecule has 98 valence electrons. The molecule has 0 aliphatic carbocycles. The molecular formula is C14H14ClN3O. The Labute approximate surface area is 116 Å². The number of rotatable bonds is 4. The van der Waals surface area contributed by atoms with Gasteiger partial charge in [0, 0.05) is 17.9 Å². The number of primary amides is 1. The van der Waals surface area contributed by atoms with E-state index in [-0.39, 0.29) is 0 Å². The van der Waals surface area contributed by atoms with E-state index in [2.05, 4.69) is 5.32 Å². The molecular weight excluding hydrogens is 262 g/mol. The van der Waals surface area contributed by atoms with Crippen LogP contribution in [0.2, 0.25) is 5.02 Å². The Hall–Kier alpha value is -2.20. The van der Waals surface area contributed by atoms with Gasteiger partial charge in [0.1, 0.15) is 0 Å². The summed E-state index contributed by atoms with van der Waals surface area (Å²) in [6.45, 7) is 0.556. The smallest absolute Gasteiger partial charge is 0.252 e. The molecule has 0 fully saturated rings. The highest BCUT2D eigenvalue weighted by molar-refractivity contribution is 6.34. The minimum Gasteiger partial charge on any atom is -0.399 e. The van der Waals surface area contributed by atoms with Gasteiger partial charge in [-0.25, -0.2) is 0 Å². The van der Waals surface area contributed by atoms with Crippen molar-refractivity contribution >= 4 is 28.9 Å². The maximum Gasteiger partial charge on any atom is 0.252 e. The summed E-state index contributed by atoms with van der Waals surface area (Å²) in [5.41, 5.74) is 13.6. The number of nitrogens with one attached hydrogen (secondary N) is 1. The van der Waals surface area contributed by atoms with Crippen LogP contribution < -0.4 is 16.8 Å². The van der Waals surface area contributed by atoms with Crippen molar-refractivity contribution in [3.63, 3.8) is 0 Å². The fraction of sp³-hybridized carbons (Fsp3) is 0.0714. The number of nitrogens with two attached hydrogens (primary N) is 2. The fourth-order valence-corrected chi connectivity index (χ4v) is 2.02. The molecule has 0 bridgehead atoms. The number of hydrogen-bond donors (Lipinski definition) is 3. The first kappa shape index (κ1) is 13.2. The first-order valence-electron chi connectivity index (χ1n) is 5.74. The van der Waals surface area contributed by atoms with E-state index in [4.69, 9.17) is 23.1 Å². The van der Waals surface area contributed by atoms with Crippen molar-refractivity contribution < 1.29 is 4.79 Å². The predicted octanol–water partition coefficient (Wildman–Crippen LogP) is 2.63. The lowest BCUT2D eigenvalue weighted by Crippen LogP contribution is -2.15. The molecule has 5 N–H and O–H groups in total. The molecule has 0 aliphatic heterocycles. The van der Waals surface area contributed by atoms with Crippen molar-refractivity contribution in [3.8, 4) is 0 Å². The molecule has 0 aromatic heterocycles. The standard InChI is InChI=1S/C14H14ClN3O/c15-11-2-1-3-12(13(11)14(17)19)18-8-9-4-6-10(16)7-5-9/h1-7,18H,8,16H2,(H2,17,19). The number of nitrogen functional groups attached to an aromatic ring is 1. The minimum atomic E-state index is -0.551. The van der Waals surface area contributed by atoms with Gasteiger partial charge in [-0.1, -0.05) is 29.8 Å². The number of amides is 1. The van der Waals surface area contributed by atoms with Gasteiger partial charge < -0.3 is 16.8 Å². The van der Waals surface area contributed by atoms with Crippen LogP contribution >= 0.6 is 11.6 Å². The van der Waals surface area contributed by atoms with Gasteiger partial charge >= 0.3 is 0 Å². The zero-order valence-corrected chi connectivity index (χ0v) is 10.9. The molecule has 0 atom stereocenters. The lowest BCUT2D eigenvalue weighted by molar-refractivity contribution is 0.100. The number of carbonyl (C=O) groups is 1. The molecule has 0 saturated carbocycles. The molecule has 4 nitrogen and oxygen atoms in total. The molecule has 2 rings (SSSR count). The summed E-state index contributed by atoms with van der Waals surface area (Å²) < 4.78 is 0. The molecule has 0 unspecified atom stereocenters. The summed E-state index contributed by atoms with van der Waals surface area (Å²) in [6, 6.07) is 12.6. The van der Waals surface area contributed by atoms with Crippen LogP contribution in [0.3, 0.4) is 0 Å². The summed E-state index contributed by atoms with van der Waals surface area (Å²) in [5, 5.41) is 3.49. The van der Waals surface area contributed by atoms with E-state index in [0.29, 0.717) is 28.5 Å². The van der Waals surface area contributed by atoms with E-state index >= 15 is 0 Å². The Balaban J connectivity index is 2.18. The van der Waals surface area contributed by atoms with E-state index in [9.17, 15) is 4.79 Å². The van der Waals surface area contributed by atoms with Crippen LogP contribution in [0.15, 0.2) is 42.5 Å². The maximum atomic E-state index is 11.4. The third-order valence-electron chi connectivity index (χ3n) is 2.72. The molecule has 0 radical (unpaired) electrons. The average molecular weight is 276 g/mol. The first-order valence-corrected chi connectivity index (χ1v) is 6.12. The van der Waals surface area contributed by atoms with Crippen molar-refractivity contribution in [1.29, 1.82) is 0 Å². The quantitative estimate of drug-likeness (QED) is 0.750. The Morgan fingerprint density at radius 3 is 2.47 bits per heavy atom. The molecule has 0 heterocycles. The van der Waals surface area contributed by atoms with Crippen molar-refractivity contribution in [2.45, 2.75) is 6.54 Å². The van der Waals surface area contributed by atoms with Crippen molar-refractivity contribution in [2.75, 3.05) is 11.1 Å². The monoisotopic (exact) mass is 275 g/mol. The van der Waals surface area contributed by atoms with Crippen LogP contribution in [0.5, 0.6) is 0 Å². The van der Waals surface area contributed by atoms with E-state index < -0.39 is 5.91 Å². The van der Waals surface area contributed by atoms with Gasteiger partial charge in [0.2, 0.25) is 0 Å². The number of halogens is 1. The van der Waals surface area contributed by atoms with Crippen LogP contribution in [0.4, 0.5) is 11.4 Å². The summed E-state index contributed by atoms with van der Waals surface area (Å²) in [4.78, 5) is 11.4. The highest BCUT2D eigenvalue weighted by atomic mass is 35.5. The molecule has 19 heavy (non-hydrogen) atoms. The largest absolute Gasteiger partial charge is 0.399 e. The molecule has 2 aromatic carbocycles. The lowest BCUT2D eigenvalue weighted by atomic mass is 10.1. The van der Waals surface area contributed by atoms with Gasteiger partial charge in [-0.3, -0.25) is 4.79 Å². The SMILES string of the molecule is NC(=O)c1c(Cl)cccc1NCc1ccc(N)cc1. The van der Waals surface area contributed by atoms with Crippen LogP contribution in [0.1, 0.15) is 15.9 Å². The normalized spacial score (nSPS) is 10.2. The van der Waals surface area contributed by atoms with Gasteiger partial charge in [-0.2, -0.15) is 0 Å². The second-order valence-electron chi connectivity index (χ2n) is 4.12. The van der Waals surface area contributed by atoms with Crippen LogP contribution in [0.25, 0.3) is 0 Å². The van der Waals surface area contributed by atoms with Crippen LogP contribution in [-0.2, 0) is 6.54 Å². The topological polar surface area (TPSA) is 81.1 Å². The highest BCUT2D eigenvalue weighted by Crippen LogP contribution is 2.24. The van der Waals surface area contributed by atoms with Crippen molar-refractivity contribution in [3.05, 3.63) is 58.6 Å². The second kappa shape index (κ2) is 5.63. The van der Waals surface area contributed by atoms with E-state index in [1.807, 2.05) is 24.3 Å². The molecule has 0 aliphatic rings. The highest BCUT2D eigenvalue weighted by Gasteiger charge is 2.11. The lowest BCUT2D eigenvalue weighted by Gasteiger charge is -2.11. The third kappa shape index (κ3) is 3.17. The summed E-state index contributed by atoms with van der Waals surface area (Å²) in [5.74, 6) is -0.551. The molecule has 5 heteroatoms. The second-order valence-corrected chi connectivity index (χ2v) is 4.53. The molecule has 0 saturated heterocycles. The maximum absolute atomic E-state index is 11.4. The van der Waals surface area contributed by atoms with Crippen molar-refractivity contribution in [1.82, 2.24) is 0 Å². The first-order chi connectivity index (χ1) is 9.08. The van der Waals surface area contributed by atoms with E-state index in [1.165, 1.54) is 0 Å². The Bertz CT molecular complexity index is 596. The zero-order chi connectivity index (χ0) is 13.8. The predicted molar refractivity (Wildman–Crippen MR) is 78.2 cm³/mol. The number of carbonyl (C=O) groups excluding carboxylic acids is 1. The number of anilines is 2. The van der Waals surface area contributed by atoms with Gasteiger partial charge in [0.05, 0.1) is 10.6 Å². The molecule has 1 amide bonds. The van der Waals surface area contributed by atoms with E-state index in [0.717, 1.165) is 5.56 Å². The zero-order valence-electron chi connectivity index (χ0n) is 10.2. The Morgan fingerprint density at radius 2 is 1.84 bits per heavy atom. The van der Waals surface area contributed by atoms with Crippen LogP contribution in [-0.4, -0.2) is 5.91 Å². The van der Waals surface area contributed by atoms with E-state index in [1.54, 1.807) is 18.2 Å². The van der Waals surface area contributed by atoms with Gasteiger partial charge in [-0.15, -0.1) is 0 Å². The average Bonchev–Trinajstić information content (AvgIpc) is 2.37. The summed E-state index contributed by atoms with van der Waals surface area (Å²) in [6.07, 6.45) is 0. The van der Waals surface area contributed by atoms with Crippen LogP contribution in [0, 0.1) is 0 Å².